The van der Waals surface area contributed by atoms with Crippen LogP contribution in [0.5, 0.6) is 0 Å². The molecular formula is C9H14N4O3. The van der Waals surface area contributed by atoms with Gasteiger partial charge in [0, 0.05) is 13.1 Å². The van der Waals surface area contributed by atoms with Gasteiger partial charge in [0.15, 0.2) is 5.69 Å². The number of β-amino-alcohol motifs (C(OH)–C–C–N with tert-alkyl or cyclic N) is 2. The SMILES string of the molecule is Cc1[nH]nc(C(=O)N2CC(O)C(O)C2)c1N. The molecule has 1 aliphatic rings. The van der Waals surface area contributed by atoms with Gasteiger partial charge in [-0.05, 0) is 6.92 Å². The van der Waals surface area contributed by atoms with E-state index in [-0.39, 0.29) is 24.7 Å². The summed E-state index contributed by atoms with van der Waals surface area (Å²) in [4.78, 5) is 13.2. The first-order chi connectivity index (χ1) is 7.50. The van der Waals surface area contributed by atoms with Crippen molar-refractivity contribution in [3.05, 3.63) is 11.4 Å². The largest absolute Gasteiger partial charge is 0.395 e. The average molecular weight is 226 g/mol. The monoisotopic (exact) mass is 226 g/mol. The van der Waals surface area contributed by atoms with E-state index in [4.69, 9.17) is 5.73 Å². The molecule has 1 amide bonds. The van der Waals surface area contributed by atoms with Gasteiger partial charge in [-0.2, -0.15) is 5.10 Å². The number of hydrogen-bond donors (Lipinski definition) is 4. The Hall–Kier alpha value is -1.60. The Bertz CT molecular complexity index is 407. The molecule has 0 saturated carbocycles. The number of aliphatic hydroxyl groups is 2. The molecule has 7 nitrogen and oxygen atoms in total. The average Bonchev–Trinajstić information content (AvgIpc) is 2.73. The van der Waals surface area contributed by atoms with Crippen LogP contribution in [0.25, 0.3) is 0 Å². The van der Waals surface area contributed by atoms with Crippen molar-refractivity contribution in [1.82, 2.24) is 15.1 Å². The highest BCUT2D eigenvalue weighted by Crippen LogP contribution is 2.18. The van der Waals surface area contributed by atoms with Gasteiger partial charge in [-0.1, -0.05) is 0 Å². The number of nitrogens with two attached hydrogens (primary N) is 1. The van der Waals surface area contributed by atoms with Crippen LogP contribution in [0.4, 0.5) is 5.69 Å². The summed E-state index contributed by atoms with van der Waals surface area (Å²) in [5.74, 6) is -0.377. The molecule has 1 aromatic heterocycles. The molecule has 7 heteroatoms. The molecule has 2 unspecified atom stereocenters. The molecule has 0 radical (unpaired) electrons. The Morgan fingerprint density at radius 1 is 1.50 bits per heavy atom. The number of carbonyl (C=O) groups is 1. The number of nitrogens with one attached hydrogen (secondary N) is 1. The fourth-order valence-corrected chi connectivity index (χ4v) is 1.69. The van der Waals surface area contributed by atoms with Crippen LogP contribution >= 0.6 is 0 Å². The number of aromatic amines is 1. The van der Waals surface area contributed by atoms with E-state index in [9.17, 15) is 15.0 Å². The lowest BCUT2D eigenvalue weighted by atomic mass is 10.3. The molecule has 2 heterocycles. The van der Waals surface area contributed by atoms with Gasteiger partial charge in [0.1, 0.15) is 0 Å². The van der Waals surface area contributed by atoms with Crippen molar-refractivity contribution in [2.24, 2.45) is 0 Å². The maximum atomic E-state index is 11.9. The molecule has 16 heavy (non-hydrogen) atoms. The van der Waals surface area contributed by atoms with Crippen LogP contribution in [0.1, 0.15) is 16.2 Å². The van der Waals surface area contributed by atoms with E-state index in [1.807, 2.05) is 0 Å². The van der Waals surface area contributed by atoms with Crippen molar-refractivity contribution >= 4 is 11.6 Å². The third-order valence-corrected chi connectivity index (χ3v) is 2.74. The minimum atomic E-state index is -0.898. The Morgan fingerprint density at radius 2 is 2.06 bits per heavy atom. The van der Waals surface area contributed by atoms with E-state index in [2.05, 4.69) is 10.2 Å². The molecule has 2 rings (SSSR count). The van der Waals surface area contributed by atoms with Gasteiger partial charge in [0.05, 0.1) is 23.6 Å². The molecule has 0 aliphatic carbocycles. The van der Waals surface area contributed by atoms with E-state index >= 15 is 0 Å². The van der Waals surface area contributed by atoms with Gasteiger partial charge in [-0.25, -0.2) is 0 Å². The Morgan fingerprint density at radius 3 is 2.50 bits per heavy atom. The number of likely N-dealkylation sites (tertiary alicyclic amines) is 1. The van der Waals surface area contributed by atoms with Crippen molar-refractivity contribution in [2.75, 3.05) is 18.8 Å². The third-order valence-electron chi connectivity index (χ3n) is 2.74. The van der Waals surface area contributed by atoms with Crippen molar-refractivity contribution in [2.45, 2.75) is 19.1 Å². The summed E-state index contributed by atoms with van der Waals surface area (Å²) in [6.45, 7) is 1.92. The van der Waals surface area contributed by atoms with Crippen LogP contribution in [0, 0.1) is 6.92 Å². The van der Waals surface area contributed by atoms with Gasteiger partial charge in [-0.15, -0.1) is 0 Å². The molecular weight excluding hydrogens is 212 g/mol. The number of carbonyl (C=O) groups excluding carboxylic acids is 1. The summed E-state index contributed by atoms with van der Waals surface area (Å²) in [7, 11) is 0. The molecule has 88 valence electrons. The van der Waals surface area contributed by atoms with E-state index in [1.54, 1.807) is 6.92 Å². The lowest BCUT2D eigenvalue weighted by molar-refractivity contribution is 0.0572. The molecule has 1 aliphatic heterocycles. The predicted molar refractivity (Wildman–Crippen MR) is 55.7 cm³/mol. The number of aromatic nitrogens is 2. The first-order valence-electron chi connectivity index (χ1n) is 4.96. The summed E-state index contributed by atoms with van der Waals surface area (Å²) in [5.41, 5.74) is 6.75. The molecule has 1 saturated heterocycles. The zero-order valence-electron chi connectivity index (χ0n) is 8.84. The topological polar surface area (TPSA) is 115 Å². The highest BCUT2D eigenvalue weighted by molar-refractivity contribution is 5.97. The molecule has 0 spiro atoms. The molecule has 5 N–H and O–H groups in total. The number of H-pyrrole nitrogens is 1. The summed E-state index contributed by atoms with van der Waals surface area (Å²) < 4.78 is 0. The fourth-order valence-electron chi connectivity index (χ4n) is 1.69. The second-order valence-corrected chi connectivity index (χ2v) is 3.96. The normalized spacial score (nSPS) is 25.1. The van der Waals surface area contributed by atoms with Crippen molar-refractivity contribution in [1.29, 1.82) is 0 Å². The number of hydrogen-bond acceptors (Lipinski definition) is 5. The zero-order chi connectivity index (χ0) is 11.9. The summed E-state index contributed by atoms with van der Waals surface area (Å²) >= 11 is 0. The number of rotatable bonds is 1. The number of nitrogen functional groups attached to an aromatic ring is 1. The van der Waals surface area contributed by atoms with E-state index in [1.165, 1.54) is 4.90 Å². The molecule has 0 aromatic carbocycles. The van der Waals surface area contributed by atoms with Crippen LogP contribution in [0.2, 0.25) is 0 Å². The zero-order valence-corrected chi connectivity index (χ0v) is 8.84. The van der Waals surface area contributed by atoms with Crippen LogP contribution in [0.15, 0.2) is 0 Å². The Balaban J connectivity index is 2.18. The summed E-state index contributed by atoms with van der Waals surface area (Å²) in [5, 5.41) is 25.1. The number of nitrogens with zero attached hydrogens (tertiary/aromatic N) is 2. The van der Waals surface area contributed by atoms with Gasteiger partial charge in [0.25, 0.3) is 5.91 Å². The highest BCUT2D eigenvalue weighted by Gasteiger charge is 2.34. The number of anilines is 1. The van der Waals surface area contributed by atoms with Gasteiger partial charge < -0.3 is 20.8 Å². The molecule has 1 fully saturated rings. The Kier molecular flexibility index (Phi) is 2.56. The van der Waals surface area contributed by atoms with E-state index < -0.39 is 12.2 Å². The number of aryl methyl sites for hydroxylation is 1. The third kappa shape index (κ3) is 1.63. The number of amides is 1. The minimum Gasteiger partial charge on any atom is -0.395 e. The van der Waals surface area contributed by atoms with Crippen LogP contribution in [0.3, 0.4) is 0 Å². The first-order valence-corrected chi connectivity index (χ1v) is 4.96. The van der Waals surface area contributed by atoms with Crippen LogP contribution in [-0.4, -0.2) is 56.5 Å². The fraction of sp³-hybridized carbons (Fsp3) is 0.556. The maximum Gasteiger partial charge on any atom is 0.276 e. The smallest absolute Gasteiger partial charge is 0.276 e. The molecule has 0 bridgehead atoms. The quantitative estimate of drug-likeness (QED) is 0.464. The van der Waals surface area contributed by atoms with Crippen LogP contribution in [-0.2, 0) is 0 Å². The minimum absolute atomic E-state index is 0.103. The van der Waals surface area contributed by atoms with Gasteiger partial charge in [0.2, 0.25) is 0 Å². The van der Waals surface area contributed by atoms with Crippen molar-refractivity contribution in [3.63, 3.8) is 0 Å². The summed E-state index contributed by atoms with van der Waals surface area (Å²) in [6, 6.07) is 0. The second-order valence-electron chi connectivity index (χ2n) is 3.96. The standard InChI is InChI=1S/C9H14N4O3/c1-4-7(10)8(12-11-4)9(16)13-2-5(14)6(15)3-13/h5-6,14-15H,2-3,10H2,1H3,(H,11,12). The van der Waals surface area contributed by atoms with E-state index in [0.29, 0.717) is 11.4 Å². The lowest BCUT2D eigenvalue weighted by Crippen LogP contribution is -2.30. The molecule has 1 aromatic rings. The maximum absolute atomic E-state index is 11.9. The van der Waals surface area contributed by atoms with E-state index in [0.717, 1.165) is 0 Å². The van der Waals surface area contributed by atoms with Crippen molar-refractivity contribution < 1.29 is 15.0 Å². The highest BCUT2D eigenvalue weighted by atomic mass is 16.3. The Labute approximate surface area is 91.9 Å². The lowest BCUT2D eigenvalue weighted by Gasteiger charge is -2.13. The van der Waals surface area contributed by atoms with Gasteiger partial charge in [-0.3, -0.25) is 9.89 Å². The van der Waals surface area contributed by atoms with Crippen molar-refractivity contribution in [3.8, 4) is 0 Å². The van der Waals surface area contributed by atoms with Crippen LogP contribution < -0.4 is 5.73 Å². The summed E-state index contributed by atoms with van der Waals surface area (Å²) in [6.07, 6.45) is -1.80. The second kappa shape index (κ2) is 3.76. The van der Waals surface area contributed by atoms with Gasteiger partial charge >= 0.3 is 0 Å². The number of aliphatic hydroxyl groups excluding tert-OH is 2. The first kappa shape index (κ1) is 10.9. The molecule has 2 atom stereocenters. The predicted octanol–water partition coefficient (Wildman–Crippen LogP) is -1.52.